The molecular weight excluding hydrogens is 284 g/mol. The summed E-state index contributed by atoms with van der Waals surface area (Å²) in [5.74, 6) is 0.322. The van der Waals surface area contributed by atoms with E-state index in [1.54, 1.807) is 6.07 Å². The molecule has 1 aromatic heterocycles. The summed E-state index contributed by atoms with van der Waals surface area (Å²) in [7, 11) is 0. The van der Waals surface area contributed by atoms with Gasteiger partial charge < -0.3 is 11.9 Å². The SMILES string of the molecule is CC(c1ccc2ccccc2c1)c1cc(Cl)nc(N)n1.N. The van der Waals surface area contributed by atoms with E-state index in [9.17, 15) is 0 Å². The first-order chi connectivity index (χ1) is 9.63. The maximum Gasteiger partial charge on any atom is 0.221 e. The molecule has 108 valence electrons. The Morgan fingerprint density at radius 2 is 1.71 bits per heavy atom. The Bertz CT molecular complexity index is 753. The molecule has 0 bridgehead atoms. The lowest BCUT2D eigenvalue weighted by molar-refractivity contribution is 0.866. The highest BCUT2D eigenvalue weighted by Crippen LogP contribution is 2.27. The van der Waals surface area contributed by atoms with Crippen molar-refractivity contribution in [1.29, 1.82) is 0 Å². The number of anilines is 1. The third-order valence-corrected chi connectivity index (χ3v) is 3.64. The number of nitrogens with two attached hydrogens (primary N) is 1. The molecule has 1 unspecified atom stereocenters. The standard InChI is InChI=1S/C16H14ClN3.H3N/c1-10(14-9-15(17)20-16(18)19-14)12-7-6-11-4-2-3-5-13(11)8-12;/h2-10H,1H3,(H2,18,19,20);1H3. The zero-order valence-electron chi connectivity index (χ0n) is 11.8. The Morgan fingerprint density at radius 3 is 2.43 bits per heavy atom. The van der Waals surface area contributed by atoms with Crippen molar-refractivity contribution in [3.05, 3.63) is 64.9 Å². The number of hydrogen-bond acceptors (Lipinski definition) is 4. The number of nitrogens with zero attached hydrogens (tertiary/aromatic N) is 2. The molecule has 5 N–H and O–H groups in total. The van der Waals surface area contributed by atoms with Crippen LogP contribution >= 0.6 is 11.6 Å². The van der Waals surface area contributed by atoms with Crippen molar-refractivity contribution in [2.24, 2.45) is 0 Å². The maximum atomic E-state index is 5.95. The molecule has 0 aliphatic rings. The van der Waals surface area contributed by atoms with Crippen molar-refractivity contribution >= 4 is 28.3 Å². The average molecular weight is 301 g/mol. The number of hydrogen-bond donors (Lipinski definition) is 2. The molecule has 0 saturated heterocycles. The number of benzene rings is 2. The fraction of sp³-hybridized carbons (Fsp3) is 0.125. The summed E-state index contributed by atoms with van der Waals surface area (Å²) in [4.78, 5) is 8.16. The van der Waals surface area contributed by atoms with E-state index in [0.29, 0.717) is 5.15 Å². The van der Waals surface area contributed by atoms with Gasteiger partial charge in [-0.15, -0.1) is 0 Å². The van der Waals surface area contributed by atoms with Crippen LogP contribution < -0.4 is 11.9 Å². The van der Waals surface area contributed by atoms with Crippen LogP contribution in [-0.2, 0) is 0 Å². The van der Waals surface area contributed by atoms with Gasteiger partial charge in [0, 0.05) is 5.92 Å². The lowest BCUT2D eigenvalue weighted by Crippen LogP contribution is -2.04. The lowest BCUT2D eigenvalue weighted by Gasteiger charge is -2.13. The van der Waals surface area contributed by atoms with Crippen molar-refractivity contribution in [2.75, 3.05) is 5.73 Å². The Labute approximate surface area is 128 Å². The molecule has 0 fully saturated rings. The molecule has 0 saturated carbocycles. The normalized spacial score (nSPS) is 11.9. The summed E-state index contributed by atoms with van der Waals surface area (Å²) < 4.78 is 0. The van der Waals surface area contributed by atoms with Crippen LogP contribution in [0.1, 0.15) is 24.1 Å². The largest absolute Gasteiger partial charge is 0.368 e. The second kappa shape index (κ2) is 6.08. The first kappa shape index (κ1) is 15.2. The van der Waals surface area contributed by atoms with Gasteiger partial charge in [0.2, 0.25) is 5.95 Å². The number of aromatic nitrogens is 2. The molecule has 0 spiro atoms. The van der Waals surface area contributed by atoms with E-state index in [1.807, 2.05) is 12.1 Å². The molecule has 4 nitrogen and oxygen atoms in total. The smallest absolute Gasteiger partial charge is 0.221 e. The van der Waals surface area contributed by atoms with Gasteiger partial charge in [-0.2, -0.15) is 0 Å². The minimum absolute atomic E-state index is 0. The van der Waals surface area contributed by atoms with Gasteiger partial charge in [0.1, 0.15) is 5.15 Å². The second-order valence-electron chi connectivity index (χ2n) is 4.80. The van der Waals surface area contributed by atoms with Crippen molar-refractivity contribution in [3.8, 4) is 0 Å². The van der Waals surface area contributed by atoms with Gasteiger partial charge >= 0.3 is 0 Å². The van der Waals surface area contributed by atoms with Crippen molar-refractivity contribution < 1.29 is 0 Å². The monoisotopic (exact) mass is 300 g/mol. The van der Waals surface area contributed by atoms with Crippen LogP contribution in [0.2, 0.25) is 5.15 Å². The predicted molar refractivity (Wildman–Crippen MR) is 87.9 cm³/mol. The first-order valence-electron chi connectivity index (χ1n) is 6.42. The molecule has 0 radical (unpaired) electrons. The summed E-state index contributed by atoms with van der Waals surface area (Å²) in [6.45, 7) is 2.09. The quantitative estimate of drug-likeness (QED) is 0.695. The summed E-state index contributed by atoms with van der Waals surface area (Å²) in [5, 5.41) is 2.81. The zero-order valence-corrected chi connectivity index (χ0v) is 12.5. The van der Waals surface area contributed by atoms with Crippen molar-refractivity contribution in [3.63, 3.8) is 0 Å². The van der Waals surface area contributed by atoms with E-state index in [0.717, 1.165) is 5.69 Å². The van der Waals surface area contributed by atoms with Gasteiger partial charge in [0.25, 0.3) is 0 Å². The summed E-state index contributed by atoms with van der Waals surface area (Å²) >= 11 is 5.95. The van der Waals surface area contributed by atoms with E-state index in [1.165, 1.54) is 16.3 Å². The van der Waals surface area contributed by atoms with E-state index >= 15 is 0 Å². The fourth-order valence-electron chi connectivity index (χ4n) is 2.32. The van der Waals surface area contributed by atoms with E-state index < -0.39 is 0 Å². The van der Waals surface area contributed by atoms with Crippen LogP contribution in [0, 0.1) is 0 Å². The molecule has 21 heavy (non-hydrogen) atoms. The third kappa shape index (κ3) is 3.12. The van der Waals surface area contributed by atoms with Crippen LogP contribution in [0.4, 0.5) is 5.95 Å². The number of nitrogen functional groups attached to an aromatic ring is 1. The average Bonchev–Trinajstić information content (AvgIpc) is 2.45. The topological polar surface area (TPSA) is 86.8 Å². The van der Waals surface area contributed by atoms with Crippen LogP contribution in [-0.4, -0.2) is 9.97 Å². The summed E-state index contributed by atoms with van der Waals surface area (Å²) in [6, 6.07) is 16.4. The van der Waals surface area contributed by atoms with Crippen LogP contribution in [0.3, 0.4) is 0 Å². The Balaban J connectivity index is 0.00000161. The van der Waals surface area contributed by atoms with E-state index in [2.05, 4.69) is 47.2 Å². The molecule has 2 aromatic carbocycles. The predicted octanol–water partition coefficient (Wildman–Crippen LogP) is 4.18. The Kier molecular flexibility index (Phi) is 4.40. The summed E-state index contributed by atoms with van der Waals surface area (Å²) in [5.41, 5.74) is 7.67. The highest BCUT2D eigenvalue weighted by atomic mass is 35.5. The van der Waals surface area contributed by atoms with Gasteiger partial charge in [0.15, 0.2) is 0 Å². The zero-order chi connectivity index (χ0) is 14.1. The lowest BCUT2D eigenvalue weighted by atomic mass is 9.95. The minimum atomic E-state index is 0. The van der Waals surface area contributed by atoms with Crippen LogP contribution in [0.25, 0.3) is 10.8 Å². The fourth-order valence-corrected chi connectivity index (χ4v) is 2.52. The van der Waals surface area contributed by atoms with Crippen molar-refractivity contribution in [2.45, 2.75) is 12.8 Å². The van der Waals surface area contributed by atoms with Gasteiger partial charge in [-0.3, -0.25) is 0 Å². The number of halogens is 1. The molecule has 0 aliphatic carbocycles. The van der Waals surface area contributed by atoms with Gasteiger partial charge in [-0.25, -0.2) is 9.97 Å². The van der Waals surface area contributed by atoms with Crippen LogP contribution in [0.15, 0.2) is 48.5 Å². The first-order valence-corrected chi connectivity index (χ1v) is 6.80. The van der Waals surface area contributed by atoms with E-state index in [4.69, 9.17) is 17.3 Å². The molecule has 0 amide bonds. The van der Waals surface area contributed by atoms with Gasteiger partial charge in [0.05, 0.1) is 5.69 Å². The third-order valence-electron chi connectivity index (χ3n) is 3.45. The maximum absolute atomic E-state index is 5.95. The van der Waals surface area contributed by atoms with Crippen molar-refractivity contribution in [1.82, 2.24) is 16.1 Å². The highest BCUT2D eigenvalue weighted by Gasteiger charge is 2.12. The summed E-state index contributed by atoms with van der Waals surface area (Å²) in [6.07, 6.45) is 0. The molecule has 3 aromatic rings. The molecule has 1 heterocycles. The molecule has 1 atom stereocenters. The molecule has 0 aliphatic heterocycles. The second-order valence-corrected chi connectivity index (χ2v) is 5.19. The van der Waals surface area contributed by atoms with E-state index in [-0.39, 0.29) is 18.0 Å². The minimum Gasteiger partial charge on any atom is -0.368 e. The van der Waals surface area contributed by atoms with Gasteiger partial charge in [-0.05, 0) is 22.4 Å². The molecule has 5 heteroatoms. The van der Waals surface area contributed by atoms with Crippen LogP contribution in [0.5, 0.6) is 0 Å². The number of fused-ring (bicyclic) bond motifs is 1. The molecular formula is C16H17ClN4. The Hall–Kier alpha value is -2.17. The Morgan fingerprint density at radius 1 is 1.00 bits per heavy atom. The molecule has 3 rings (SSSR count). The number of rotatable bonds is 2. The van der Waals surface area contributed by atoms with Gasteiger partial charge in [-0.1, -0.05) is 61.0 Å². The highest BCUT2D eigenvalue weighted by molar-refractivity contribution is 6.29.